The first-order valence-corrected chi connectivity index (χ1v) is 14.3. The maximum atomic E-state index is 6.47. The van der Waals surface area contributed by atoms with Crippen LogP contribution in [0.5, 0.6) is 5.75 Å². The molecule has 1 aliphatic carbocycles. The van der Waals surface area contributed by atoms with E-state index in [1.807, 2.05) is 31.5 Å². The number of ether oxygens (including phenoxy) is 1. The topological polar surface area (TPSA) is 21.3 Å². The van der Waals surface area contributed by atoms with E-state index in [1.165, 1.54) is 56.1 Å². The van der Waals surface area contributed by atoms with E-state index >= 15 is 0 Å². The summed E-state index contributed by atoms with van der Waals surface area (Å²) in [6.45, 7) is 15.3. The van der Waals surface area contributed by atoms with Gasteiger partial charge in [-0.05, 0) is 53.6 Å². The highest BCUT2D eigenvalue weighted by Gasteiger charge is 2.31. The molecule has 0 aromatic heterocycles. The summed E-state index contributed by atoms with van der Waals surface area (Å²) in [6, 6.07) is 14.7. The minimum atomic E-state index is 0.0854. The van der Waals surface area contributed by atoms with Crippen LogP contribution in [0.25, 0.3) is 5.57 Å². The predicted molar refractivity (Wildman–Crippen MR) is 159 cm³/mol. The van der Waals surface area contributed by atoms with Gasteiger partial charge in [-0.1, -0.05) is 126 Å². The largest absolute Gasteiger partial charge is 0.485 e. The summed E-state index contributed by atoms with van der Waals surface area (Å²) in [6.07, 6.45) is 14.6. The maximum absolute atomic E-state index is 6.47. The van der Waals surface area contributed by atoms with Gasteiger partial charge in [-0.25, -0.2) is 0 Å². The Morgan fingerprint density at radius 1 is 1.00 bits per heavy atom. The summed E-state index contributed by atoms with van der Waals surface area (Å²) < 4.78 is 7.48. The van der Waals surface area contributed by atoms with Gasteiger partial charge in [0, 0.05) is 23.0 Å². The molecule has 2 atom stereocenters. The van der Waals surface area contributed by atoms with E-state index in [-0.39, 0.29) is 6.10 Å². The van der Waals surface area contributed by atoms with Crippen LogP contribution in [0.4, 0.5) is 0 Å². The summed E-state index contributed by atoms with van der Waals surface area (Å²) in [5.41, 5.74) is 4.62. The molecule has 0 heterocycles. The smallest absolute Gasteiger partial charge is 0.128 e. The molecule has 3 heteroatoms. The monoisotopic (exact) mass is 541 g/mol. The lowest BCUT2D eigenvalue weighted by Gasteiger charge is -2.22. The van der Waals surface area contributed by atoms with Gasteiger partial charge in [0.1, 0.15) is 11.9 Å². The molecule has 0 aliphatic heterocycles. The van der Waals surface area contributed by atoms with Crippen molar-refractivity contribution in [2.45, 2.75) is 92.1 Å². The van der Waals surface area contributed by atoms with Gasteiger partial charge in [-0.2, -0.15) is 0 Å². The molecule has 35 heavy (non-hydrogen) atoms. The van der Waals surface area contributed by atoms with Crippen molar-refractivity contribution >= 4 is 21.5 Å². The molecular weight excluding hydrogens is 494 g/mol. The highest BCUT2D eigenvalue weighted by Crippen LogP contribution is 2.41. The lowest BCUT2D eigenvalue weighted by molar-refractivity contribution is 0.159. The lowest BCUT2D eigenvalue weighted by atomic mass is 10.0. The van der Waals surface area contributed by atoms with Crippen molar-refractivity contribution in [3.05, 3.63) is 82.5 Å². The molecule has 1 aliphatic rings. The minimum absolute atomic E-state index is 0.0854. The first-order valence-electron chi connectivity index (χ1n) is 13.5. The maximum Gasteiger partial charge on any atom is 0.128 e. The molecule has 2 aromatic rings. The molecule has 0 radical (unpaired) electrons. The Hall–Kier alpha value is -2.00. The average Bonchev–Trinajstić information content (AvgIpc) is 3.19. The number of nitrogens with one attached hydrogen (secondary N) is 1. The zero-order chi connectivity index (χ0) is 26.1. The van der Waals surface area contributed by atoms with Gasteiger partial charge in [0.25, 0.3) is 0 Å². The SMILES string of the molecule is C=C(/C=C\NC)c1cc(Br)ccc1OC1c2ccccc2C[C@H]1C.CCCC.CCCCCCC. The fraction of sp³-hybridized carbons (Fsp3) is 0.500. The summed E-state index contributed by atoms with van der Waals surface area (Å²) in [4.78, 5) is 0. The Kier molecular flexibility index (Phi) is 16.2. The van der Waals surface area contributed by atoms with Crippen molar-refractivity contribution in [3.63, 3.8) is 0 Å². The minimum Gasteiger partial charge on any atom is -0.485 e. The van der Waals surface area contributed by atoms with Crippen LogP contribution in [0.1, 0.15) is 102 Å². The first kappa shape index (κ1) is 31.0. The van der Waals surface area contributed by atoms with Gasteiger partial charge in [0.15, 0.2) is 0 Å². The summed E-state index contributed by atoms with van der Waals surface area (Å²) >= 11 is 3.55. The van der Waals surface area contributed by atoms with E-state index in [0.29, 0.717) is 5.92 Å². The predicted octanol–water partition coefficient (Wildman–Crippen LogP) is 10.3. The highest BCUT2D eigenvalue weighted by atomic mass is 79.9. The molecule has 1 N–H and O–H groups in total. The molecule has 0 saturated heterocycles. The fourth-order valence-electron chi connectivity index (χ4n) is 3.88. The van der Waals surface area contributed by atoms with Crippen LogP contribution in [0.15, 0.2) is 65.8 Å². The van der Waals surface area contributed by atoms with Gasteiger partial charge in [-0.3, -0.25) is 0 Å². The molecule has 1 unspecified atom stereocenters. The van der Waals surface area contributed by atoms with Crippen molar-refractivity contribution in [1.82, 2.24) is 5.32 Å². The van der Waals surface area contributed by atoms with E-state index in [9.17, 15) is 0 Å². The Morgan fingerprint density at radius 3 is 2.26 bits per heavy atom. The van der Waals surface area contributed by atoms with Gasteiger partial charge in [0.2, 0.25) is 0 Å². The molecule has 194 valence electrons. The second kappa shape index (κ2) is 18.3. The van der Waals surface area contributed by atoms with Crippen LogP contribution in [0, 0.1) is 5.92 Å². The lowest BCUT2D eigenvalue weighted by Crippen LogP contribution is -2.12. The number of rotatable bonds is 10. The second-order valence-electron chi connectivity index (χ2n) is 9.27. The second-order valence-corrected chi connectivity index (χ2v) is 10.2. The van der Waals surface area contributed by atoms with Gasteiger partial charge >= 0.3 is 0 Å². The van der Waals surface area contributed by atoms with Crippen LogP contribution in [0.2, 0.25) is 0 Å². The van der Waals surface area contributed by atoms with Crippen LogP contribution in [0.3, 0.4) is 0 Å². The standard InChI is InChI=1S/C21H22BrNO.C7H16.C4H10/c1-14(10-11-23-3)19-13-17(22)8-9-20(19)24-21-15(2)12-16-6-4-5-7-18(16)21;1-3-5-7-6-4-2;1-3-4-2/h4-11,13,15,21,23H,1,12H2,2-3H3;3-7H2,1-2H3;3-4H2,1-2H3/b11-10-;;/t15-,21?;;/m1../s1. The number of hydrogen-bond donors (Lipinski definition) is 1. The van der Waals surface area contributed by atoms with Gasteiger partial charge < -0.3 is 10.1 Å². The summed E-state index contributed by atoms with van der Waals surface area (Å²) in [5, 5.41) is 3.00. The molecule has 0 bridgehead atoms. The number of halogens is 1. The third kappa shape index (κ3) is 11.1. The summed E-state index contributed by atoms with van der Waals surface area (Å²) in [5.74, 6) is 1.33. The Labute approximate surface area is 224 Å². The third-order valence-corrected chi connectivity index (χ3v) is 6.61. The first-order chi connectivity index (χ1) is 16.9. The third-order valence-electron chi connectivity index (χ3n) is 6.12. The van der Waals surface area contributed by atoms with Crippen molar-refractivity contribution in [1.29, 1.82) is 0 Å². The van der Waals surface area contributed by atoms with Gasteiger partial charge in [0.05, 0.1) is 0 Å². The quantitative estimate of drug-likeness (QED) is 0.238. The Morgan fingerprint density at radius 2 is 1.66 bits per heavy atom. The fourth-order valence-corrected chi connectivity index (χ4v) is 4.24. The normalized spacial score (nSPS) is 16.0. The van der Waals surface area contributed by atoms with E-state index in [0.717, 1.165) is 27.8 Å². The van der Waals surface area contributed by atoms with Crippen LogP contribution >= 0.6 is 15.9 Å². The van der Waals surface area contributed by atoms with Crippen LogP contribution < -0.4 is 10.1 Å². The molecule has 0 saturated carbocycles. The van der Waals surface area contributed by atoms with Crippen molar-refractivity contribution in [3.8, 4) is 5.75 Å². The van der Waals surface area contributed by atoms with Gasteiger partial charge in [-0.15, -0.1) is 0 Å². The Balaban J connectivity index is 0.000000468. The Bertz CT molecular complexity index is 883. The van der Waals surface area contributed by atoms with E-state index in [4.69, 9.17) is 4.74 Å². The molecule has 0 amide bonds. The van der Waals surface area contributed by atoms with E-state index in [1.54, 1.807) is 0 Å². The zero-order valence-corrected chi connectivity index (χ0v) is 24.6. The molecular formula is C32H48BrNO. The molecule has 0 fully saturated rings. The summed E-state index contributed by atoms with van der Waals surface area (Å²) in [7, 11) is 1.87. The number of benzene rings is 2. The zero-order valence-electron chi connectivity index (χ0n) is 23.0. The molecule has 2 aromatic carbocycles. The highest BCUT2D eigenvalue weighted by molar-refractivity contribution is 9.10. The van der Waals surface area contributed by atoms with Crippen LogP contribution in [-0.2, 0) is 6.42 Å². The van der Waals surface area contributed by atoms with Crippen molar-refractivity contribution < 1.29 is 4.74 Å². The van der Waals surface area contributed by atoms with E-state index < -0.39 is 0 Å². The van der Waals surface area contributed by atoms with E-state index in [2.05, 4.69) is 92.8 Å². The van der Waals surface area contributed by atoms with Crippen molar-refractivity contribution in [2.75, 3.05) is 7.05 Å². The van der Waals surface area contributed by atoms with Crippen molar-refractivity contribution in [2.24, 2.45) is 5.92 Å². The molecule has 3 rings (SSSR count). The number of unbranched alkanes of at least 4 members (excludes halogenated alkanes) is 5. The molecule has 2 nitrogen and oxygen atoms in total. The molecule has 0 spiro atoms. The number of allylic oxidation sites excluding steroid dienone is 2. The van der Waals surface area contributed by atoms with Crippen LogP contribution in [-0.4, -0.2) is 7.05 Å². The number of fused-ring (bicyclic) bond motifs is 1. The average molecular weight is 543 g/mol. The number of hydrogen-bond acceptors (Lipinski definition) is 2.